The molecule has 1 amide bonds. The van der Waals surface area contributed by atoms with Crippen molar-refractivity contribution in [1.82, 2.24) is 5.32 Å². The summed E-state index contributed by atoms with van der Waals surface area (Å²) in [5.41, 5.74) is 0. The topological polar surface area (TPSA) is 56.8 Å². The molecule has 0 radical (unpaired) electrons. The molecule has 0 aliphatic heterocycles. The predicted molar refractivity (Wildman–Crippen MR) is 169 cm³/mol. The average Bonchev–Trinajstić information content (AvgIpc) is 2.72. The van der Waals surface area contributed by atoms with Crippen molar-refractivity contribution in [3.63, 3.8) is 0 Å². The molecule has 1 N–H and O–H groups in total. The lowest BCUT2D eigenvalue weighted by Crippen LogP contribution is -2.57. The smallest absolute Gasteiger partial charge is 0.217 e. The summed E-state index contributed by atoms with van der Waals surface area (Å²) >= 11 is 0. The molecule has 0 aliphatic rings. The fraction of sp³-hybridized carbons (Fsp3) is 0.966. The Kier molecular flexibility index (Phi) is 19.1. The van der Waals surface area contributed by atoms with Crippen LogP contribution in [-0.2, 0) is 18.1 Å². The lowest BCUT2D eigenvalue weighted by Gasteiger charge is -2.41. The third kappa shape index (κ3) is 23.6. The van der Waals surface area contributed by atoms with Crippen molar-refractivity contribution >= 4 is 30.9 Å². The van der Waals surface area contributed by atoms with Crippen LogP contribution in [0.15, 0.2) is 0 Å². The van der Waals surface area contributed by atoms with Gasteiger partial charge in [0.05, 0.1) is 24.9 Å². The van der Waals surface area contributed by atoms with Crippen LogP contribution < -0.4 is 5.32 Å². The van der Waals surface area contributed by atoms with E-state index in [1.807, 2.05) is 0 Å². The molecule has 0 aromatic rings. The van der Waals surface area contributed by atoms with Gasteiger partial charge in [-0.1, -0.05) is 84.0 Å². The Bertz CT molecular complexity index is 585. The molecule has 0 rings (SSSR count). The molecule has 222 valence electrons. The molecule has 0 saturated heterocycles. The fourth-order valence-electron chi connectivity index (χ4n) is 4.58. The molecule has 0 fully saturated rings. The molecule has 3 unspecified atom stereocenters. The largest absolute Gasteiger partial charge is 0.415 e. The van der Waals surface area contributed by atoms with E-state index < -0.39 is 25.0 Å². The molecule has 0 heterocycles. The fourth-order valence-corrected chi connectivity index (χ4v) is 7.55. The van der Waals surface area contributed by atoms with Gasteiger partial charge in [0.15, 0.2) is 25.0 Å². The molecular weight excluding hydrogens is 511 g/mol. The summed E-state index contributed by atoms with van der Waals surface area (Å²) in [6.45, 7) is 24.3. The van der Waals surface area contributed by atoms with Gasteiger partial charge in [0.2, 0.25) is 5.91 Å². The maximum Gasteiger partial charge on any atom is 0.217 e. The number of carbonyl (C=O) groups is 1. The molecule has 0 aromatic carbocycles. The summed E-state index contributed by atoms with van der Waals surface area (Å²) in [4.78, 5) is 12.2. The first-order valence-electron chi connectivity index (χ1n) is 15.3. The highest BCUT2D eigenvalue weighted by molar-refractivity contribution is 6.70. The monoisotopic (exact) mass is 575 g/mol. The third-order valence-corrected chi connectivity index (χ3v) is 9.21. The van der Waals surface area contributed by atoms with Crippen LogP contribution in [0, 0.1) is 0 Å². The van der Waals surface area contributed by atoms with Crippen LogP contribution in [0.2, 0.25) is 58.9 Å². The highest BCUT2D eigenvalue weighted by Gasteiger charge is 2.38. The van der Waals surface area contributed by atoms with Crippen molar-refractivity contribution in [2.45, 2.75) is 174 Å². The molecule has 37 heavy (non-hydrogen) atoms. The van der Waals surface area contributed by atoms with Crippen molar-refractivity contribution in [1.29, 1.82) is 0 Å². The number of nitrogens with one attached hydrogen (secondary N) is 1. The van der Waals surface area contributed by atoms with E-state index in [9.17, 15) is 4.79 Å². The number of rotatable bonds is 23. The second-order valence-electron chi connectivity index (χ2n) is 13.9. The Morgan fingerprint density at radius 1 is 0.649 bits per heavy atom. The van der Waals surface area contributed by atoms with Crippen LogP contribution in [-0.4, -0.2) is 55.7 Å². The van der Waals surface area contributed by atoms with Crippen molar-refractivity contribution in [2.24, 2.45) is 0 Å². The summed E-state index contributed by atoms with van der Waals surface area (Å²) < 4.78 is 19.9. The molecule has 0 bridgehead atoms. The van der Waals surface area contributed by atoms with Crippen LogP contribution in [0.5, 0.6) is 0 Å². The van der Waals surface area contributed by atoms with E-state index in [4.69, 9.17) is 13.3 Å². The highest BCUT2D eigenvalue weighted by atomic mass is 28.4. The Morgan fingerprint density at radius 3 is 1.46 bits per heavy atom. The van der Waals surface area contributed by atoms with Gasteiger partial charge in [-0.25, -0.2) is 0 Å². The van der Waals surface area contributed by atoms with E-state index >= 15 is 0 Å². The molecule has 0 saturated carbocycles. The molecule has 0 spiro atoms. The quantitative estimate of drug-likeness (QED) is 0.0976. The van der Waals surface area contributed by atoms with Crippen molar-refractivity contribution in [3.05, 3.63) is 0 Å². The normalized spacial score (nSPS) is 15.4. The van der Waals surface area contributed by atoms with Crippen LogP contribution in [0.4, 0.5) is 0 Å². The predicted octanol–water partition coefficient (Wildman–Crippen LogP) is 8.87. The number of carbonyl (C=O) groups excluding carboxylic acids is 1. The maximum absolute atomic E-state index is 12.2. The highest BCUT2D eigenvalue weighted by Crippen LogP contribution is 2.25. The first-order chi connectivity index (χ1) is 17.0. The van der Waals surface area contributed by atoms with E-state index in [1.54, 1.807) is 6.92 Å². The second-order valence-corrected chi connectivity index (χ2v) is 27.3. The van der Waals surface area contributed by atoms with Gasteiger partial charge in [-0.15, -0.1) is 0 Å². The molecule has 0 aromatic heterocycles. The summed E-state index contributed by atoms with van der Waals surface area (Å²) in [6.07, 6.45) is 16.9. The molecule has 3 atom stereocenters. The standard InChI is InChI=1S/C29H65NO4Si3/c1-12-13-14-15-16-17-18-19-20-21-22-23-24-28(33-36(6,7)8)29(34-37(9,10)11)27(30-26(2)31)25-32-35(3,4)5/h27-29H,12-25H2,1-11H3,(H,30,31). The van der Waals surface area contributed by atoms with Crippen LogP contribution in [0.1, 0.15) is 97.3 Å². The van der Waals surface area contributed by atoms with Gasteiger partial charge in [-0.2, -0.15) is 0 Å². The Balaban J connectivity index is 5.09. The van der Waals surface area contributed by atoms with E-state index in [0.29, 0.717) is 6.61 Å². The van der Waals surface area contributed by atoms with Gasteiger partial charge in [0, 0.05) is 6.92 Å². The summed E-state index contributed by atoms with van der Waals surface area (Å²) in [6, 6.07) is -0.199. The van der Waals surface area contributed by atoms with E-state index in [1.165, 1.54) is 70.6 Å². The number of unbranched alkanes of at least 4 members (excludes halogenated alkanes) is 11. The zero-order valence-electron chi connectivity index (χ0n) is 26.8. The van der Waals surface area contributed by atoms with Gasteiger partial charge in [-0.3, -0.25) is 4.79 Å². The SMILES string of the molecule is CCCCCCCCCCCCCCC(O[Si](C)(C)C)C(O[Si](C)(C)C)C(CO[Si](C)(C)C)NC(C)=O. The molecule has 5 nitrogen and oxygen atoms in total. The zero-order chi connectivity index (χ0) is 28.5. The molecule has 0 aliphatic carbocycles. The lowest BCUT2D eigenvalue weighted by atomic mass is 9.99. The zero-order valence-corrected chi connectivity index (χ0v) is 29.8. The van der Waals surface area contributed by atoms with Crippen molar-refractivity contribution in [3.8, 4) is 0 Å². The Hall–Kier alpha value is 0.000649. The van der Waals surface area contributed by atoms with Crippen LogP contribution >= 0.6 is 0 Å². The average molecular weight is 576 g/mol. The van der Waals surface area contributed by atoms with E-state index in [0.717, 1.165) is 12.8 Å². The van der Waals surface area contributed by atoms with Crippen molar-refractivity contribution < 1.29 is 18.1 Å². The third-order valence-electron chi connectivity index (χ3n) is 6.18. The van der Waals surface area contributed by atoms with Crippen LogP contribution in [0.25, 0.3) is 0 Å². The Labute approximate surface area is 235 Å². The van der Waals surface area contributed by atoms with Gasteiger partial charge in [-0.05, 0) is 65.3 Å². The summed E-state index contributed by atoms with van der Waals surface area (Å²) in [5.74, 6) is -0.0366. The summed E-state index contributed by atoms with van der Waals surface area (Å²) in [7, 11) is -5.45. The number of hydrogen-bond donors (Lipinski definition) is 1. The first kappa shape index (κ1) is 37.0. The van der Waals surface area contributed by atoms with Gasteiger partial charge >= 0.3 is 0 Å². The van der Waals surface area contributed by atoms with Crippen molar-refractivity contribution in [2.75, 3.05) is 6.61 Å². The van der Waals surface area contributed by atoms with Gasteiger partial charge < -0.3 is 18.6 Å². The van der Waals surface area contributed by atoms with E-state index in [2.05, 4.69) is 71.2 Å². The maximum atomic E-state index is 12.2. The van der Waals surface area contributed by atoms with Gasteiger partial charge in [0.25, 0.3) is 0 Å². The van der Waals surface area contributed by atoms with E-state index in [-0.39, 0.29) is 24.2 Å². The minimum Gasteiger partial charge on any atom is -0.415 e. The minimum absolute atomic E-state index is 0.0244. The first-order valence-corrected chi connectivity index (χ1v) is 25.5. The van der Waals surface area contributed by atoms with Crippen LogP contribution in [0.3, 0.4) is 0 Å². The lowest BCUT2D eigenvalue weighted by molar-refractivity contribution is -0.121. The second kappa shape index (κ2) is 19.1. The van der Waals surface area contributed by atoms with Gasteiger partial charge in [0.1, 0.15) is 0 Å². The number of hydrogen-bond acceptors (Lipinski definition) is 4. The number of amides is 1. The molecule has 8 heteroatoms. The Morgan fingerprint density at radius 2 is 1.08 bits per heavy atom. The minimum atomic E-state index is -1.89. The molecular formula is C29H65NO4Si3. The summed E-state index contributed by atoms with van der Waals surface area (Å²) in [5, 5.41) is 3.18.